The molecule has 0 saturated heterocycles. The molecule has 3 aromatic carbocycles. The fourth-order valence-corrected chi connectivity index (χ4v) is 2.10. The first-order chi connectivity index (χ1) is 8.34. The normalized spacial score (nSPS) is 10.6. The third-order valence-electron chi connectivity index (χ3n) is 3.02. The van der Waals surface area contributed by atoms with E-state index in [-0.39, 0.29) is 0 Å². The van der Waals surface area contributed by atoms with Crippen LogP contribution in [0.15, 0.2) is 66.7 Å². The summed E-state index contributed by atoms with van der Waals surface area (Å²) in [5.74, 6) is 0. The molecule has 0 aliphatic rings. The van der Waals surface area contributed by atoms with Crippen molar-refractivity contribution in [2.45, 2.75) is 0 Å². The van der Waals surface area contributed by atoms with Crippen molar-refractivity contribution in [1.82, 2.24) is 0 Å². The van der Waals surface area contributed by atoms with E-state index in [1.165, 1.54) is 16.2 Å². The van der Waals surface area contributed by atoms with E-state index in [0.29, 0.717) is 0 Å². The lowest BCUT2D eigenvalue weighted by atomic mass is 10.0. The van der Waals surface area contributed by atoms with E-state index in [2.05, 4.69) is 42.5 Å². The zero-order valence-electron chi connectivity index (χ0n) is 9.43. The molecule has 3 aromatic rings. The number of fused-ring (bicyclic) bond motifs is 1. The number of rotatable bonds is 0. The number of hydrogen-bond donors (Lipinski definition) is 1. The van der Waals surface area contributed by atoms with E-state index < -0.39 is 0 Å². The van der Waals surface area contributed by atoms with Crippen LogP contribution in [0.4, 0.5) is 5.69 Å². The molecule has 1 heteroatoms. The smallest absolute Gasteiger partial charge is 0.0387 e. The van der Waals surface area contributed by atoms with Gasteiger partial charge in [-0.05, 0) is 33.7 Å². The third-order valence-corrected chi connectivity index (χ3v) is 3.02. The SMILES string of the molecule is Nc1cccccc2cccc3ccc1cc23. The molecule has 0 amide bonds. The minimum atomic E-state index is 0.799. The van der Waals surface area contributed by atoms with Crippen molar-refractivity contribution in [3.05, 3.63) is 66.7 Å². The minimum Gasteiger partial charge on any atom is -0.398 e. The van der Waals surface area contributed by atoms with Crippen molar-refractivity contribution in [1.29, 1.82) is 0 Å². The van der Waals surface area contributed by atoms with Crippen LogP contribution in [0.5, 0.6) is 0 Å². The van der Waals surface area contributed by atoms with Crippen molar-refractivity contribution < 1.29 is 0 Å². The molecule has 17 heavy (non-hydrogen) atoms. The lowest BCUT2D eigenvalue weighted by Gasteiger charge is -2.02. The molecule has 1 nitrogen and oxygen atoms in total. The van der Waals surface area contributed by atoms with Crippen LogP contribution in [0.25, 0.3) is 21.5 Å². The summed E-state index contributed by atoms with van der Waals surface area (Å²) in [5, 5.41) is 4.79. The van der Waals surface area contributed by atoms with Crippen LogP contribution in [0.3, 0.4) is 0 Å². The van der Waals surface area contributed by atoms with Crippen LogP contribution in [0.1, 0.15) is 0 Å². The average Bonchev–Trinajstić information content (AvgIpc) is 2.37. The molecule has 0 radical (unpaired) electrons. The highest BCUT2D eigenvalue weighted by Crippen LogP contribution is 2.23. The molecule has 0 spiro atoms. The zero-order chi connectivity index (χ0) is 11.7. The number of nitrogens with two attached hydrogens (primary N) is 1. The van der Waals surface area contributed by atoms with Crippen LogP contribution in [-0.2, 0) is 0 Å². The van der Waals surface area contributed by atoms with Crippen LogP contribution in [0.2, 0.25) is 0 Å². The first kappa shape index (κ1) is 9.91. The van der Waals surface area contributed by atoms with E-state index in [4.69, 9.17) is 5.73 Å². The monoisotopic (exact) mass is 219 g/mol. The Balaban J connectivity index is 2.58. The van der Waals surface area contributed by atoms with Gasteiger partial charge in [0.05, 0.1) is 0 Å². The number of hydrogen-bond acceptors (Lipinski definition) is 1. The van der Waals surface area contributed by atoms with Gasteiger partial charge in [-0.1, -0.05) is 54.6 Å². The highest BCUT2D eigenvalue weighted by molar-refractivity contribution is 6.01. The van der Waals surface area contributed by atoms with Gasteiger partial charge in [0, 0.05) is 5.69 Å². The Kier molecular flexibility index (Phi) is 2.30. The van der Waals surface area contributed by atoms with Gasteiger partial charge in [-0.3, -0.25) is 0 Å². The summed E-state index contributed by atoms with van der Waals surface area (Å²) in [4.78, 5) is 0. The van der Waals surface area contributed by atoms with Crippen molar-refractivity contribution in [2.75, 3.05) is 5.73 Å². The minimum absolute atomic E-state index is 0.799. The Morgan fingerprint density at radius 2 is 1.24 bits per heavy atom. The number of anilines is 1. The van der Waals surface area contributed by atoms with Gasteiger partial charge in [-0.15, -0.1) is 0 Å². The van der Waals surface area contributed by atoms with Crippen LogP contribution in [0, 0.1) is 0 Å². The number of nitrogen functional groups attached to an aromatic ring is 1. The third kappa shape index (κ3) is 1.76. The van der Waals surface area contributed by atoms with E-state index in [1.54, 1.807) is 0 Å². The van der Waals surface area contributed by atoms with Gasteiger partial charge < -0.3 is 5.73 Å². The molecule has 0 aromatic heterocycles. The molecular weight excluding hydrogens is 206 g/mol. The highest BCUT2D eigenvalue weighted by Gasteiger charge is 1.96. The molecule has 0 unspecified atom stereocenters. The summed E-state index contributed by atoms with van der Waals surface area (Å²) < 4.78 is 0. The maximum absolute atomic E-state index is 6.03. The lowest BCUT2D eigenvalue weighted by molar-refractivity contribution is 1.74. The second-order valence-corrected chi connectivity index (χ2v) is 4.15. The Morgan fingerprint density at radius 3 is 2.12 bits per heavy atom. The molecule has 82 valence electrons. The summed E-state index contributed by atoms with van der Waals surface area (Å²) in [6.07, 6.45) is 0. The molecular formula is C16H13N. The Morgan fingerprint density at radius 1 is 0.588 bits per heavy atom. The highest BCUT2D eigenvalue weighted by atomic mass is 14.5. The molecule has 0 saturated carbocycles. The van der Waals surface area contributed by atoms with Crippen LogP contribution in [-0.4, -0.2) is 0 Å². The predicted molar refractivity (Wildman–Crippen MR) is 74.7 cm³/mol. The fourth-order valence-electron chi connectivity index (χ4n) is 2.10. The second-order valence-electron chi connectivity index (χ2n) is 4.15. The fraction of sp³-hybridized carbons (Fsp3) is 0. The first-order valence-corrected chi connectivity index (χ1v) is 5.68. The van der Waals surface area contributed by atoms with Gasteiger partial charge in [0.2, 0.25) is 0 Å². The largest absolute Gasteiger partial charge is 0.398 e. The Hall–Kier alpha value is -2.28. The molecule has 0 aliphatic heterocycles. The first-order valence-electron chi connectivity index (χ1n) is 5.68. The summed E-state index contributed by atoms with van der Waals surface area (Å²) in [6.45, 7) is 0. The molecule has 3 rings (SSSR count). The average molecular weight is 219 g/mol. The number of benzene rings is 2. The van der Waals surface area contributed by atoms with Gasteiger partial charge in [-0.25, -0.2) is 0 Å². The zero-order valence-corrected chi connectivity index (χ0v) is 9.43. The molecule has 0 fully saturated rings. The maximum Gasteiger partial charge on any atom is 0.0387 e. The van der Waals surface area contributed by atoms with E-state index in [9.17, 15) is 0 Å². The summed E-state index contributed by atoms with van der Waals surface area (Å²) >= 11 is 0. The summed E-state index contributed by atoms with van der Waals surface area (Å²) in [7, 11) is 0. The Bertz CT molecular complexity index is 714. The van der Waals surface area contributed by atoms with Crippen molar-refractivity contribution in [2.24, 2.45) is 0 Å². The van der Waals surface area contributed by atoms with Crippen molar-refractivity contribution in [3.8, 4) is 0 Å². The molecule has 0 aliphatic carbocycles. The van der Waals surface area contributed by atoms with Gasteiger partial charge in [0.1, 0.15) is 0 Å². The van der Waals surface area contributed by atoms with Crippen molar-refractivity contribution >= 4 is 27.2 Å². The quantitative estimate of drug-likeness (QED) is 0.604. The molecule has 0 atom stereocenters. The van der Waals surface area contributed by atoms with Crippen molar-refractivity contribution in [3.63, 3.8) is 0 Å². The molecule has 2 bridgehead atoms. The summed E-state index contributed by atoms with van der Waals surface area (Å²) in [5.41, 5.74) is 6.83. The van der Waals surface area contributed by atoms with E-state index in [0.717, 1.165) is 11.1 Å². The van der Waals surface area contributed by atoms with Gasteiger partial charge in [0.25, 0.3) is 0 Å². The molecule has 2 N–H and O–H groups in total. The van der Waals surface area contributed by atoms with E-state index in [1.807, 2.05) is 24.3 Å². The summed E-state index contributed by atoms with van der Waals surface area (Å²) in [6, 6.07) is 22.7. The lowest BCUT2D eigenvalue weighted by Crippen LogP contribution is -1.83. The molecule has 0 heterocycles. The Labute approximate surface area is 100 Å². The van der Waals surface area contributed by atoms with E-state index >= 15 is 0 Å². The van der Waals surface area contributed by atoms with Crippen LogP contribution < -0.4 is 5.73 Å². The van der Waals surface area contributed by atoms with Gasteiger partial charge >= 0.3 is 0 Å². The van der Waals surface area contributed by atoms with Gasteiger partial charge in [0.15, 0.2) is 0 Å². The maximum atomic E-state index is 6.03. The van der Waals surface area contributed by atoms with Gasteiger partial charge in [-0.2, -0.15) is 0 Å². The second kappa shape index (κ2) is 3.95. The standard InChI is InChI=1S/C16H13N/c17-16-8-3-1-2-5-12-6-4-7-13-9-10-14(16)11-15(12)13/h1-11H,17H2. The predicted octanol–water partition coefficient (Wildman–Crippen LogP) is 4.14. The topological polar surface area (TPSA) is 26.0 Å². The van der Waals surface area contributed by atoms with Crippen LogP contribution >= 0.6 is 0 Å².